The molecule has 2 fully saturated rings. The highest BCUT2D eigenvalue weighted by molar-refractivity contribution is 5.82. The van der Waals surface area contributed by atoms with Gasteiger partial charge in [-0.25, -0.2) is 4.98 Å². The third kappa shape index (κ3) is 3.01. The minimum absolute atomic E-state index is 0.0967. The summed E-state index contributed by atoms with van der Waals surface area (Å²) in [7, 11) is 0. The predicted molar refractivity (Wildman–Crippen MR) is 72.3 cm³/mol. The molecule has 1 aromatic rings. The molecule has 3 rings (SSSR count). The Morgan fingerprint density at radius 2 is 1.91 bits per heavy atom. The fourth-order valence-corrected chi connectivity index (χ4v) is 2.63. The first kappa shape index (κ1) is 15.1. The minimum atomic E-state index is -4.43. The summed E-state index contributed by atoms with van der Waals surface area (Å²) in [6.07, 6.45) is -3.22. The highest BCUT2D eigenvalue weighted by Crippen LogP contribution is 2.30. The number of ether oxygens (including phenoxy) is 1. The van der Waals surface area contributed by atoms with Gasteiger partial charge in [0, 0.05) is 26.2 Å². The number of rotatable bonds is 2. The molecule has 0 aliphatic carbocycles. The van der Waals surface area contributed by atoms with Crippen LogP contribution in [-0.2, 0) is 15.7 Å². The molecule has 1 aromatic heterocycles. The summed E-state index contributed by atoms with van der Waals surface area (Å²) >= 11 is 0. The van der Waals surface area contributed by atoms with Gasteiger partial charge in [-0.1, -0.05) is 0 Å². The van der Waals surface area contributed by atoms with Crippen LogP contribution in [0, 0.1) is 5.92 Å². The summed E-state index contributed by atoms with van der Waals surface area (Å²) in [5, 5.41) is 0. The highest BCUT2D eigenvalue weighted by atomic mass is 19.4. The first-order valence-electron chi connectivity index (χ1n) is 7.10. The Kier molecular flexibility index (Phi) is 3.94. The van der Waals surface area contributed by atoms with E-state index in [1.54, 1.807) is 4.90 Å². The first-order chi connectivity index (χ1) is 10.4. The second-order valence-corrected chi connectivity index (χ2v) is 5.44. The van der Waals surface area contributed by atoms with E-state index in [0.717, 1.165) is 6.07 Å². The SMILES string of the molecule is O=C(C1CN(c2ccc(C(F)(F)F)nc2)C1)N1CCOCC1. The molecule has 3 heterocycles. The number of alkyl halides is 3. The van der Waals surface area contributed by atoms with E-state index in [9.17, 15) is 18.0 Å². The lowest BCUT2D eigenvalue weighted by Gasteiger charge is -2.42. The van der Waals surface area contributed by atoms with Crippen LogP contribution in [0.25, 0.3) is 0 Å². The van der Waals surface area contributed by atoms with Crippen LogP contribution >= 0.6 is 0 Å². The Morgan fingerprint density at radius 1 is 1.23 bits per heavy atom. The van der Waals surface area contributed by atoms with Gasteiger partial charge < -0.3 is 14.5 Å². The van der Waals surface area contributed by atoms with Crippen LogP contribution in [0.1, 0.15) is 5.69 Å². The summed E-state index contributed by atoms with van der Waals surface area (Å²) in [6.45, 7) is 3.37. The third-order valence-corrected chi connectivity index (χ3v) is 3.96. The van der Waals surface area contributed by atoms with E-state index in [1.807, 2.05) is 4.90 Å². The number of pyridine rings is 1. The van der Waals surface area contributed by atoms with Crippen molar-refractivity contribution < 1.29 is 22.7 Å². The zero-order chi connectivity index (χ0) is 15.7. The Balaban J connectivity index is 1.55. The lowest BCUT2D eigenvalue weighted by molar-refractivity contribution is -0.141. The van der Waals surface area contributed by atoms with Gasteiger partial charge in [0.1, 0.15) is 5.69 Å². The molecule has 0 bridgehead atoms. The molecule has 22 heavy (non-hydrogen) atoms. The molecule has 5 nitrogen and oxygen atoms in total. The summed E-state index contributed by atoms with van der Waals surface area (Å²) in [5.74, 6) is -0.000173. The number of hydrogen-bond acceptors (Lipinski definition) is 4. The van der Waals surface area contributed by atoms with Crippen molar-refractivity contribution in [2.75, 3.05) is 44.3 Å². The molecule has 0 saturated carbocycles. The van der Waals surface area contributed by atoms with Gasteiger partial charge in [0.25, 0.3) is 0 Å². The number of amides is 1. The summed E-state index contributed by atoms with van der Waals surface area (Å²) in [5.41, 5.74) is -0.295. The number of aromatic nitrogens is 1. The second kappa shape index (κ2) is 5.75. The second-order valence-electron chi connectivity index (χ2n) is 5.44. The molecule has 0 radical (unpaired) electrons. The zero-order valence-corrected chi connectivity index (χ0v) is 11.8. The molecule has 2 aliphatic heterocycles. The van der Waals surface area contributed by atoms with Crippen molar-refractivity contribution in [2.45, 2.75) is 6.18 Å². The summed E-state index contributed by atoms with van der Waals surface area (Å²) < 4.78 is 42.6. The smallest absolute Gasteiger partial charge is 0.378 e. The summed E-state index contributed by atoms with van der Waals surface area (Å²) in [6, 6.07) is 2.36. The fraction of sp³-hybridized carbons (Fsp3) is 0.571. The molecule has 2 aliphatic rings. The van der Waals surface area contributed by atoms with Crippen molar-refractivity contribution in [3.05, 3.63) is 24.0 Å². The number of nitrogens with zero attached hydrogens (tertiary/aromatic N) is 3. The highest BCUT2D eigenvalue weighted by Gasteiger charge is 2.37. The number of anilines is 1. The van der Waals surface area contributed by atoms with Gasteiger partial charge in [-0.05, 0) is 12.1 Å². The van der Waals surface area contributed by atoms with Crippen molar-refractivity contribution in [1.82, 2.24) is 9.88 Å². The number of carbonyl (C=O) groups is 1. The van der Waals surface area contributed by atoms with Crippen molar-refractivity contribution in [1.29, 1.82) is 0 Å². The zero-order valence-electron chi connectivity index (χ0n) is 11.8. The van der Waals surface area contributed by atoms with Gasteiger partial charge in [0.05, 0.1) is 31.0 Å². The third-order valence-electron chi connectivity index (χ3n) is 3.96. The Hall–Kier alpha value is -1.83. The first-order valence-corrected chi connectivity index (χ1v) is 7.10. The van der Waals surface area contributed by atoms with Crippen LogP contribution in [0.2, 0.25) is 0 Å². The fourth-order valence-electron chi connectivity index (χ4n) is 2.63. The molecular weight excluding hydrogens is 299 g/mol. The van der Waals surface area contributed by atoms with Crippen LogP contribution in [0.3, 0.4) is 0 Å². The Bertz CT molecular complexity index is 535. The molecule has 1 amide bonds. The van der Waals surface area contributed by atoms with Crippen LogP contribution in [0.15, 0.2) is 18.3 Å². The van der Waals surface area contributed by atoms with E-state index in [1.165, 1.54) is 12.3 Å². The van der Waals surface area contributed by atoms with Crippen molar-refractivity contribution in [3.63, 3.8) is 0 Å². The molecular formula is C14H16F3N3O2. The van der Waals surface area contributed by atoms with Crippen molar-refractivity contribution in [2.24, 2.45) is 5.92 Å². The topological polar surface area (TPSA) is 45.7 Å². The molecule has 2 saturated heterocycles. The van der Waals surface area contributed by atoms with Crippen LogP contribution < -0.4 is 4.90 Å². The maximum atomic E-state index is 12.5. The normalized spacial score (nSPS) is 20.0. The van der Waals surface area contributed by atoms with Gasteiger partial charge in [0.15, 0.2) is 0 Å². The lowest BCUT2D eigenvalue weighted by atomic mass is 9.97. The number of halogens is 3. The van der Waals surface area contributed by atoms with Crippen molar-refractivity contribution >= 4 is 11.6 Å². The molecule has 120 valence electrons. The maximum Gasteiger partial charge on any atom is 0.433 e. The van der Waals surface area contributed by atoms with Gasteiger partial charge >= 0.3 is 6.18 Å². The average molecular weight is 315 g/mol. The van der Waals surface area contributed by atoms with E-state index in [2.05, 4.69) is 4.98 Å². The van der Waals surface area contributed by atoms with E-state index >= 15 is 0 Å². The number of carbonyl (C=O) groups excluding carboxylic acids is 1. The molecule has 0 unspecified atom stereocenters. The van der Waals surface area contributed by atoms with E-state index in [-0.39, 0.29) is 11.8 Å². The molecule has 0 spiro atoms. The lowest BCUT2D eigenvalue weighted by Crippen LogP contribution is -2.56. The average Bonchev–Trinajstić information content (AvgIpc) is 2.46. The molecule has 0 N–H and O–H groups in total. The van der Waals surface area contributed by atoms with Crippen LogP contribution in [-0.4, -0.2) is 55.2 Å². The molecule has 0 atom stereocenters. The largest absolute Gasteiger partial charge is 0.433 e. The molecule has 8 heteroatoms. The number of hydrogen-bond donors (Lipinski definition) is 0. The van der Waals surface area contributed by atoms with E-state index < -0.39 is 11.9 Å². The van der Waals surface area contributed by atoms with Gasteiger partial charge in [-0.15, -0.1) is 0 Å². The standard InChI is InChI=1S/C14H16F3N3O2/c15-14(16,17)12-2-1-11(7-18-12)20-8-10(9-20)13(21)19-3-5-22-6-4-19/h1-2,7,10H,3-6,8-9H2. The predicted octanol–water partition coefficient (Wildman–Crippen LogP) is 1.40. The maximum absolute atomic E-state index is 12.5. The number of morpholine rings is 1. The van der Waals surface area contributed by atoms with Gasteiger partial charge in [0.2, 0.25) is 5.91 Å². The van der Waals surface area contributed by atoms with Crippen LogP contribution in [0.4, 0.5) is 18.9 Å². The quantitative estimate of drug-likeness (QED) is 0.827. The minimum Gasteiger partial charge on any atom is -0.378 e. The summed E-state index contributed by atoms with van der Waals surface area (Å²) in [4.78, 5) is 19.3. The Morgan fingerprint density at radius 3 is 2.45 bits per heavy atom. The molecule has 0 aromatic carbocycles. The van der Waals surface area contributed by atoms with Crippen molar-refractivity contribution in [3.8, 4) is 0 Å². The monoisotopic (exact) mass is 315 g/mol. The van der Waals surface area contributed by atoms with Crippen LogP contribution in [0.5, 0.6) is 0 Å². The van der Waals surface area contributed by atoms with E-state index in [4.69, 9.17) is 4.74 Å². The Labute approximate surface area is 125 Å². The van der Waals surface area contributed by atoms with Gasteiger partial charge in [-0.2, -0.15) is 13.2 Å². The van der Waals surface area contributed by atoms with E-state index in [0.29, 0.717) is 45.1 Å². The van der Waals surface area contributed by atoms with Gasteiger partial charge in [-0.3, -0.25) is 4.79 Å².